The number of hydrogen-bond donors (Lipinski definition) is 1. The van der Waals surface area contributed by atoms with Gasteiger partial charge < -0.3 is 24.3 Å². The standard InChI is InChI=1S/C30H32F3N5O3/c1-18-13-24-26(7-9-34-28(24)36-18)41-22-6-5-21-8-10-38(19(2)23(21)16-22)27(39)15-20-14-25(30(31,32)33)29(35-17-20)40-12-11-37(3)4/h5-7,9,13-14,16-17,19H,8,10-12,15H2,1-4H3,(H,34,36)/t19-/m0/s1. The third-order valence-corrected chi connectivity index (χ3v) is 7.18. The largest absolute Gasteiger partial charge is 0.476 e. The molecule has 1 aromatic carbocycles. The number of benzene rings is 1. The number of fused-ring (bicyclic) bond motifs is 2. The molecule has 11 heteroatoms. The van der Waals surface area contributed by atoms with Crippen LogP contribution in [0.5, 0.6) is 17.4 Å². The lowest BCUT2D eigenvalue weighted by Gasteiger charge is -2.35. The van der Waals surface area contributed by atoms with Crippen LogP contribution in [-0.2, 0) is 23.8 Å². The van der Waals surface area contributed by atoms with Crippen molar-refractivity contribution < 1.29 is 27.4 Å². The summed E-state index contributed by atoms with van der Waals surface area (Å²) in [6.45, 7) is 4.84. The van der Waals surface area contributed by atoms with Gasteiger partial charge in [-0.1, -0.05) is 6.07 Å². The number of carbonyl (C=O) groups excluding carboxylic acids is 1. The van der Waals surface area contributed by atoms with E-state index in [2.05, 4.69) is 15.0 Å². The van der Waals surface area contributed by atoms with E-state index in [9.17, 15) is 18.0 Å². The van der Waals surface area contributed by atoms with Gasteiger partial charge in [0.2, 0.25) is 11.8 Å². The van der Waals surface area contributed by atoms with Gasteiger partial charge in [-0.2, -0.15) is 13.2 Å². The Morgan fingerprint density at radius 3 is 2.73 bits per heavy atom. The van der Waals surface area contributed by atoms with Crippen molar-refractivity contribution in [3.05, 3.63) is 76.7 Å². The number of hydrogen-bond acceptors (Lipinski definition) is 6. The summed E-state index contributed by atoms with van der Waals surface area (Å²) in [5, 5.41) is 0.869. The van der Waals surface area contributed by atoms with Gasteiger partial charge in [0.05, 0.1) is 17.8 Å². The van der Waals surface area contributed by atoms with Gasteiger partial charge in [-0.05, 0) is 81.4 Å². The minimum absolute atomic E-state index is 0.0641. The summed E-state index contributed by atoms with van der Waals surface area (Å²) >= 11 is 0. The van der Waals surface area contributed by atoms with Gasteiger partial charge in [0.15, 0.2) is 0 Å². The number of ether oxygens (including phenoxy) is 2. The lowest BCUT2D eigenvalue weighted by molar-refractivity contribution is -0.139. The molecular formula is C30H32F3N5O3. The van der Waals surface area contributed by atoms with Crippen molar-refractivity contribution in [2.24, 2.45) is 0 Å². The van der Waals surface area contributed by atoms with Gasteiger partial charge in [-0.25, -0.2) is 9.97 Å². The number of amides is 1. The normalized spacial score (nSPS) is 15.3. The minimum Gasteiger partial charge on any atom is -0.476 e. The van der Waals surface area contributed by atoms with E-state index in [-0.39, 0.29) is 30.5 Å². The van der Waals surface area contributed by atoms with E-state index in [4.69, 9.17) is 9.47 Å². The van der Waals surface area contributed by atoms with Crippen LogP contribution in [0.25, 0.3) is 11.0 Å². The first kappa shape index (κ1) is 28.4. The second-order valence-electron chi connectivity index (χ2n) is 10.5. The average Bonchev–Trinajstić information content (AvgIpc) is 3.30. The number of likely N-dealkylation sites (N-methyl/N-ethyl adjacent to an activating group) is 1. The highest BCUT2D eigenvalue weighted by molar-refractivity contribution is 5.83. The smallest absolute Gasteiger partial charge is 0.421 e. The summed E-state index contributed by atoms with van der Waals surface area (Å²) in [6, 6.07) is 10.3. The van der Waals surface area contributed by atoms with Crippen LogP contribution in [0.3, 0.4) is 0 Å². The molecule has 1 N–H and O–H groups in total. The Kier molecular flexibility index (Phi) is 7.90. The molecular weight excluding hydrogens is 535 g/mol. The van der Waals surface area contributed by atoms with Gasteiger partial charge in [0.1, 0.15) is 29.3 Å². The molecule has 41 heavy (non-hydrogen) atoms. The molecule has 8 nitrogen and oxygen atoms in total. The Balaban J connectivity index is 1.32. The van der Waals surface area contributed by atoms with Gasteiger partial charge >= 0.3 is 6.18 Å². The zero-order valence-corrected chi connectivity index (χ0v) is 23.4. The van der Waals surface area contributed by atoms with E-state index < -0.39 is 17.6 Å². The molecule has 1 amide bonds. The van der Waals surface area contributed by atoms with Crippen LogP contribution >= 0.6 is 0 Å². The SMILES string of the molecule is Cc1cc2c(Oc3ccc4c(c3)[C@H](C)N(C(=O)Cc3cnc(OCCN(C)C)c(C(F)(F)F)c3)CC4)ccnc2[nH]1. The number of aryl methyl sites for hydroxylation is 1. The fourth-order valence-corrected chi connectivity index (χ4v) is 5.06. The van der Waals surface area contributed by atoms with Crippen molar-refractivity contribution in [3.63, 3.8) is 0 Å². The minimum atomic E-state index is -4.66. The second kappa shape index (κ2) is 11.4. The molecule has 1 aliphatic rings. The molecule has 0 bridgehead atoms. The summed E-state index contributed by atoms with van der Waals surface area (Å²) in [7, 11) is 3.60. The van der Waals surface area contributed by atoms with Crippen LogP contribution in [0.1, 0.15) is 40.9 Å². The molecule has 5 rings (SSSR count). The number of nitrogens with zero attached hydrogens (tertiary/aromatic N) is 4. The molecule has 3 aromatic heterocycles. The maximum Gasteiger partial charge on any atom is 0.421 e. The molecule has 4 heterocycles. The second-order valence-corrected chi connectivity index (χ2v) is 10.5. The van der Waals surface area contributed by atoms with E-state index in [1.165, 1.54) is 6.20 Å². The van der Waals surface area contributed by atoms with E-state index in [0.29, 0.717) is 31.0 Å². The number of rotatable bonds is 8. The molecule has 0 spiro atoms. The fraction of sp³-hybridized carbons (Fsp3) is 0.367. The van der Waals surface area contributed by atoms with Crippen LogP contribution in [0.2, 0.25) is 0 Å². The Morgan fingerprint density at radius 2 is 1.98 bits per heavy atom. The van der Waals surface area contributed by atoms with Gasteiger partial charge in [-0.3, -0.25) is 4.79 Å². The predicted molar refractivity (Wildman–Crippen MR) is 148 cm³/mol. The summed E-state index contributed by atoms with van der Waals surface area (Å²) in [6.07, 6.45) is -1.27. The van der Waals surface area contributed by atoms with E-state index >= 15 is 0 Å². The lowest BCUT2D eigenvalue weighted by Crippen LogP contribution is -2.39. The zero-order valence-electron chi connectivity index (χ0n) is 23.4. The quantitative estimate of drug-likeness (QED) is 0.294. The molecule has 1 aliphatic heterocycles. The number of nitrogens with one attached hydrogen (secondary N) is 1. The Bertz CT molecular complexity index is 1570. The maximum atomic E-state index is 13.8. The Labute approximate surface area is 236 Å². The first-order valence-electron chi connectivity index (χ1n) is 13.4. The highest BCUT2D eigenvalue weighted by Gasteiger charge is 2.36. The number of carbonyl (C=O) groups is 1. The van der Waals surface area contributed by atoms with Crippen LogP contribution in [0.4, 0.5) is 13.2 Å². The molecule has 0 aliphatic carbocycles. The van der Waals surface area contributed by atoms with Crippen molar-refractivity contribution in [1.29, 1.82) is 0 Å². The number of pyridine rings is 2. The summed E-state index contributed by atoms with van der Waals surface area (Å²) in [5.74, 6) is 0.534. The van der Waals surface area contributed by atoms with Crippen molar-refractivity contribution in [1.82, 2.24) is 24.8 Å². The van der Waals surface area contributed by atoms with E-state index in [0.717, 1.165) is 33.9 Å². The topological polar surface area (TPSA) is 83.6 Å². The number of aromatic amines is 1. The van der Waals surface area contributed by atoms with Crippen molar-refractivity contribution in [3.8, 4) is 17.4 Å². The van der Waals surface area contributed by atoms with Gasteiger partial charge in [0, 0.05) is 31.2 Å². The summed E-state index contributed by atoms with van der Waals surface area (Å²) < 4.78 is 52.8. The van der Waals surface area contributed by atoms with Crippen LogP contribution in [0.15, 0.2) is 48.8 Å². The van der Waals surface area contributed by atoms with Gasteiger partial charge in [-0.15, -0.1) is 0 Å². The highest BCUT2D eigenvalue weighted by Crippen LogP contribution is 2.37. The summed E-state index contributed by atoms with van der Waals surface area (Å²) in [4.78, 5) is 28.3. The Morgan fingerprint density at radius 1 is 1.17 bits per heavy atom. The number of aromatic nitrogens is 3. The lowest BCUT2D eigenvalue weighted by atomic mass is 9.92. The van der Waals surface area contributed by atoms with E-state index in [1.54, 1.807) is 36.2 Å². The van der Waals surface area contributed by atoms with Gasteiger partial charge in [0.25, 0.3) is 0 Å². The van der Waals surface area contributed by atoms with Crippen LogP contribution in [0, 0.1) is 6.92 Å². The molecule has 0 unspecified atom stereocenters. The molecule has 0 radical (unpaired) electrons. The third kappa shape index (κ3) is 6.30. The highest BCUT2D eigenvalue weighted by atomic mass is 19.4. The van der Waals surface area contributed by atoms with Crippen molar-refractivity contribution in [2.75, 3.05) is 33.8 Å². The maximum absolute atomic E-state index is 13.8. The summed E-state index contributed by atoms with van der Waals surface area (Å²) in [5.41, 5.74) is 2.95. The number of halogens is 3. The van der Waals surface area contributed by atoms with E-state index in [1.807, 2.05) is 38.1 Å². The first-order chi connectivity index (χ1) is 19.5. The number of H-pyrrole nitrogens is 1. The molecule has 0 saturated heterocycles. The zero-order chi connectivity index (χ0) is 29.3. The molecule has 0 saturated carbocycles. The third-order valence-electron chi connectivity index (χ3n) is 7.18. The van der Waals surface area contributed by atoms with Crippen molar-refractivity contribution in [2.45, 2.75) is 38.9 Å². The predicted octanol–water partition coefficient (Wildman–Crippen LogP) is 5.71. The fourth-order valence-electron chi connectivity index (χ4n) is 5.06. The van der Waals surface area contributed by atoms with Crippen molar-refractivity contribution >= 4 is 16.9 Å². The monoisotopic (exact) mass is 567 g/mol. The van der Waals surface area contributed by atoms with Crippen LogP contribution < -0.4 is 9.47 Å². The average molecular weight is 568 g/mol. The molecule has 4 aromatic rings. The first-order valence-corrected chi connectivity index (χ1v) is 13.4. The molecule has 1 atom stereocenters. The Hall–Kier alpha value is -4.12. The number of alkyl halides is 3. The molecule has 0 fully saturated rings. The van der Waals surface area contributed by atoms with Crippen LogP contribution in [-0.4, -0.2) is 64.5 Å². The molecule has 216 valence electrons.